The molecule has 2 nitrogen and oxygen atoms in total. The maximum absolute atomic E-state index is 12.5. The van der Waals surface area contributed by atoms with E-state index >= 15 is 0 Å². The fourth-order valence-electron chi connectivity index (χ4n) is 3.25. The number of nitrogens with zero attached hydrogens (tertiary/aromatic N) is 1. The van der Waals surface area contributed by atoms with Gasteiger partial charge in [-0.15, -0.1) is 0 Å². The van der Waals surface area contributed by atoms with Crippen LogP contribution in [0.2, 0.25) is 0 Å². The summed E-state index contributed by atoms with van der Waals surface area (Å²) in [5.41, 5.74) is 6.16. The lowest BCUT2D eigenvalue weighted by Gasteiger charge is -2.37. The van der Waals surface area contributed by atoms with Crippen molar-refractivity contribution in [1.82, 2.24) is 4.90 Å². The molecule has 0 heterocycles. The van der Waals surface area contributed by atoms with Crippen LogP contribution in [0.4, 0.5) is 13.2 Å². The van der Waals surface area contributed by atoms with E-state index in [2.05, 4.69) is 4.90 Å². The zero-order chi connectivity index (χ0) is 15.5. The zero-order valence-corrected chi connectivity index (χ0v) is 12.4. The molecule has 1 aliphatic carbocycles. The van der Waals surface area contributed by atoms with Crippen LogP contribution >= 0.6 is 0 Å². The first kappa shape index (κ1) is 16.3. The lowest BCUT2D eigenvalue weighted by molar-refractivity contribution is -0.137. The fourth-order valence-corrected chi connectivity index (χ4v) is 3.25. The van der Waals surface area contributed by atoms with Crippen molar-refractivity contribution in [3.63, 3.8) is 0 Å². The van der Waals surface area contributed by atoms with Gasteiger partial charge in [-0.05, 0) is 50.0 Å². The average Bonchev–Trinajstić information content (AvgIpc) is 2.46. The summed E-state index contributed by atoms with van der Waals surface area (Å²) in [5, 5.41) is 0. The van der Waals surface area contributed by atoms with E-state index in [4.69, 9.17) is 5.73 Å². The Morgan fingerprint density at radius 1 is 1.14 bits per heavy atom. The first-order valence-corrected chi connectivity index (χ1v) is 7.48. The van der Waals surface area contributed by atoms with Crippen molar-refractivity contribution < 1.29 is 13.2 Å². The van der Waals surface area contributed by atoms with E-state index in [1.54, 1.807) is 12.1 Å². The van der Waals surface area contributed by atoms with Crippen molar-refractivity contribution in [2.45, 2.75) is 44.4 Å². The largest absolute Gasteiger partial charge is 0.416 e. The Hall–Kier alpha value is -1.07. The molecule has 0 spiro atoms. The normalized spacial score (nSPS) is 23.5. The van der Waals surface area contributed by atoms with Crippen molar-refractivity contribution in [2.24, 2.45) is 11.7 Å². The van der Waals surface area contributed by atoms with E-state index in [0.717, 1.165) is 30.5 Å². The second kappa shape index (κ2) is 6.79. The van der Waals surface area contributed by atoms with Crippen LogP contribution in [0.3, 0.4) is 0 Å². The minimum Gasteiger partial charge on any atom is -0.330 e. The van der Waals surface area contributed by atoms with Crippen LogP contribution in [0.25, 0.3) is 0 Å². The van der Waals surface area contributed by atoms with Crippen LogP contribution in [0.1, 0.15) is 36.8 Å². The molecule has 0 bridgehead atoms. The fraction of sp³-hybridized carbons (Fsp3) is 0.625. The van der Waals surface area contributed by atoms with Crippen LogP contribution in [-0.2, 0) is 12.7 Å². The molecule has 2 atom stereocenters. The van der Waals surface area contributed by atoms with Gasteiger partial charge in [0.15, 0.2) is 0 Å². The maximum Gasteiger partial charge on any atom is 0.416 e. The van der Waals surface area contributed by atoms with E-state index in [1.807, 2.05) is 7.05 Å². The third-order valence-corrected chi connectivity index (χ3v) is 4.45. The Bertz CT molecular complexity index is 442. The van der Waals surface area contributed by atoms with Crippen molar-refractivity contribution in [3.8, 4) is 0 Å². The average molecular weight is 300 g/mol. The van der Waals surface area contributed by atoms with Gasteiger partial charge in [0.1, 0.15) is 0 Å². The lowest BCUT2D eigenvalue weighted by atomic mass is 9.83. The van der Waals surface area contributed by atoms with E-state index in [9.17, 15) is 13.2 Å². The molecule has 1 saturated carbocycles. The minimum atomic E-state index is -4.27. The topological polar surface area (TPSA) is 29.3 Å². The summed E-state index contributed by atoms with van der Waals surface area (Å²) in [5.74, 6) is 0.498. The van der Waals surface area contributed by atoms with E-state index in [1.165, 1.54) is 12.8 Å². The SMILES string of the molecule is CN(Cc1ccc(C(F)(F)F)cc1)C1CCCCC1CN. The summed E-state index contributed by atoms with van der Waals surface area (Å²) in [4.78, 5) is 2.24. The smallest absolute Gasteiger partial charge is 0.330 e. The third kappa shape index (κ3) is 4.20. The van der Waals surface area contributed by atoms with Gasteiger partial charge >= 0.3 is 6.18 Å². The van der Waals surface area contributed by atoms with Gasteiger partial charge in [-0.3, -0.25) is 4.90 Å². The first-order valence-electron chi connectivity index (χ1n) is 7.48. The molecular formula is C16H23F3N2. The summed E-state index contributed by atoms with van der Waals surface area (Å²) in [7, 11) is 2.04. The number of rotatable bonds is 4. The van der Waals surface area contributed by atoms with Crippen LogP contribution in [0.15, 0.2) is 24.3 Å². The molecule has 2 rings (SSSR count). The molecule has 1 fully saturated rings. The number of hydrogen-bond donors (Lipinski definition) is 1. The highest BCUT2D eigenvalue weighted by molar-refractivity contribution is 5.24. The number of hydrogen-bond acceptors (Lipinski definition) is 2. The molecular weight excluding hydrogens is 277 g/mol. The van der Waals surface area contributed by atoms with Gasteiger partial charge in [-0.25, -0.2) is 0 Å². The van der Waals surface area contributed by atoms with E-state index < -0.39 is 11.7 Å². The van der Waals surface area contributed by atoms with Crippen LogP contribution in [0, 0.1) is 5.92 Å². The van der Waals surface area contributed by atoms with E-state index in [0.29, 0.717) is 25.0 Å². The van der Waals surface area contributed by atoms with E-state index in [-0.39, 0.29) is 0 Å². The predicted molar refractivity (Wildman–Crippen MR) is 77.7 cm³/mol. The number of benzene rings is 1. The summed E-state index contributed by atoms with van der Waals surface area (Å²) in [6.45, 7) is 1.35. The lowest BCUT2D eigenvalue weighted by Crippen LogP contribution is -2.42. The number of halogens is 3. The number of nitrogens with two attached hydrogens (primary N) is 1. The van der Waals surface area contributed by atoms with Gasteiger partial charge in [0.05, 0.1) is 5.56 Å². The molecule has 2 unspecified atom stereocenters. The molecule has 1 aromatic carbocycles. The van der Waals surface area contributed by atoms with Crippen molar-refractivity contribution in [1.29, 1.82) is 0 Å². The van der Waals surface area contributed by atoms with Gasteiger partial charge in [-0.2, -0.15) is 13.2 Å². The predicted octanol–water partition coefficient (Wildman–Crippen LogP) is 3.65. The molecule has 5 heteroatoms. The second-order valence-electron chi connectivity index (χ2n) is 5.96. The van der Waals surface area contributed by atoms with Crippen molar-refractivity contribution in [2.75, 3.05) is 13.6 Å². The third-order valence-electron chi connectivity index (χ3n) is 4.45. The van der Waals surface area contributed by atoms with Gasteiger partial charge in [0.2, 0.25) is 0 Å². The minimum absolute atomic E-state index is 0.436. The number of alkyl halides is 3. The molecule has 1 aliphatic rings. The first-order chi connectivity index (χ1) is 9.91. The Labute approximate surface area is 124 Å². The van der Waals surface area contributed by atoms with Crippen molar-refractivity contribution >= 4 is 0 Å². The monoisotopic (exact) mass is 300 g/mol. The molecule has 118 valence electrons. The molecule has 1 aromatic rings. The van der Waals surface area contributed by atoms with Crippen molar-refractivity contribution in [3.05, 3.63) is 35.4 Å². The zero-order valence-electron chi connectivity index (χ0n) is 12.4. The Morgan fingerprint density at radius 3 is 2.33 bits per heavy atom. The summed E-state index contributed by atoms with van der Waals surface area (Å²) in [6, 6.07) is 5.89. The highest BCUT2D eigenvalue weighted by atomic mass is 19.4. The highest BCUT2D eigenvalue weighted by Gasteiger charge is 2.30. The highest BCUT2D eigenvalue weighted by Crippen LogP contribution is 2.30. The van der Waals surface area contributed by atoms with Crippen LogP contribution in [-0.4, -0.2) is 24.5 Å². The quantitative estimate of drug-likeness (QED) is 0.919. The molecule has 0 saturated heterocycles. The molecule has 21 heavy (non-hydrogen) atoms. The summed E-state index contributed by atoms with van der Waals surface area (Å²) in [6.07, 6.45) is 0.445. The Balaban J connectivity index is 2.00. The molecule has 0 amide bonds. The van der Waals surface area contributed by atoms with Gasteiger partial charge in [0.25, 0.3) is 0 Å². The molecule has 2 N–H and O–H groups in total. The molecule has 0 aromatic heterocycles. The molecule has 0 radical (unpaired) electrons. The Morgan fingerprint density at radius 2 is 1.76 bits per heavy atom. The summed E-state index contributed by atoms with van der Waals surface area (Å²) >= 11 is 0. The maximum atomic E-state index is 12.5. The standard InChI is InChI=1S/C16H23F3N2/c1-21(15-5-3-2-4-13(15)10-20)11-12-6-8-14(9-7-12)16(17,18)19/h6-9,13,15H,2-5,10-11,20H2,1H3. The van der Waals surface area contributed by atoms with Crippen LogP contribution < -0.4 is 5.73 Å². The van der Waals surface area contributed by atoms with Crippen LogP contribution in [0.5, 0.6) is 0 Å². The van der Waals surface area contributed by atoms with Gasteiger partial charge in [0, 0.05) is 12.6 Å². The Kier molecular flexibility index (Phi) is 5.27. The molecule has 0 aliphatic heterocycles. The summed E-state index contributed by atoms with van der Waals surface area (Å²) < 4.78 is 37.6. The van der Waals surface area contributed by atoms with Gasteiger partial charge < -0.3 is 5.73 Å². The van der Waals surface area contributed by atoms with Gasteiger partial charge in [-0.1, -0.05) is 25.0 Å². The second-order valence-corrected chi connectivity index (χ2v) is 5.96.